The van der Waals surface area contributed by atoms with Gasteiger partial charge in [-0.1, -0.05) is 47.1 Å². The molecule has 0 bridgehead atoms. The molecule has 1 saturated heterocycles. The summed E-state index contributed by atoms with van der Waals surface area (Å²) in [7, 11) is 0. The van der Waals surface area contributed by atoms with Gasteiger partial charge in [-0.15, -0.1) is 0 Å². The smallest absolute Gasteiger partial charge is 0.246 e. The highest BCUT2D eigenvalue weighted by Crippen LogP contribution is 2.24. The molecule has 2 aromatic carbocycles. The molecule has 5 nitrogen and oxygen atoms in total. The number of hydrogen-bond acceptors (Lipinski definition) is 4. The summed E-state index contributed by atoms with van der Waals surface area (Å²) in [6.45, 7) is 1.33. The molecule has 1 aliphatic heterocycles. The van der Waals surface area contributed by atoms with Crippen molar-refractivity contribution >= 4 is 23.6 Å². The number of rotatable bonds is 5. The standard InChI is InChI=1S/C23H21ClFN3O2/c24-19-9-3-1-7-17(19)11-12-22(29)28-13-5-6-16(15-28)14-21-26-23(27-30-21)18-8-2-4-10-20(18)25/h1-4,7-12,16H,5-6,13-15H2/b12-11+/t16-/m1/s1. The molecule has 3 aromatic rings. The lowest BCUT2D eigenvalue weighted by Crippen LogP contribution is -2.39. The number of amides is 1. The molecule has 4 rings (SSSR count). The number of carbonyl (C=O) groups is 1. The number of carbonyl (C=O) groups excluding carboxylic acids is 1. The minimum atomic E-state index is -0.385. The van der Waals surface area contributed by atoms with Crippen LogP contribution in [0.25, 0.3) is 17.5 Å². The van der Waals surface area contributed by atoms with Gasteiger partial charge in [-0.3, -0.25) is 4.79 Å². The molecule has 1 atom stereocenters. The maximum atomic E-state index is 13.9. The van der Waals surface area contributed by atoms with E-state index in [0.29, 0.717) is 36.0 Å². The lowest BCUT2D eigenvalue weighted by atomic mass is 9.94. The lowest BCUT2D eigenvalue weighted by Gasteiger charge is -2.31. The van der Waals surface area contributed by atoms with Gasteiger partial charge in [-0.2, -0.15) is 4.98 Å². The van der Waals surface area contributed by atoms with E-state index in [4.69, 9.17) is 16.1 Å². The van der Waals surface area contributed by atoms with Gasteiger partial charge in [0.25, 0.3) is 0 Å². The molecular formula is C23H21ClFN3O2. The van der Waals surface area contributed by atoms with Gasteiger partial charge in [-0.05, 0) is 48.6 Å². The number of aromatic nitrogens is 2. The minimum Gasteiger partial charge on any atom is -0.339 e. The van der Waals surface area contributed by atoms with E-state index in [-0.39, 0.29) is 23.5 Å². The Morgan fingerprint density at radius 3 is 2.87 bits per heavy atom. The van der Waals surface area contributed by atoms with Gasteiger partial charge in [0.15, 0.2) is 0 Å². The number of piperidine rings is 1. The van der Waals surface area contributed by atoms with Crippen molar-refractivity contribution in [1.82, 2.24) is 15.0 Å². The average molecular weight is 426 g/mol. The van der Waals surface area contributed by atoms with E-state index in [0.717, 1.165) is 18.4 Å². The van der Waals surface area contributed by atoms with E-state index >= 15 is 0 Å². The highest BCUT2D eigenvalue weighted by Gasteiger charge is 2.25. The van der Waals surface area contributed by atoms with Crippen molar-refractivity contribution in [3.05, 3.63) is 76.9 Å². The van der Waals surface area contributed by atoms with Gasteiger partial charge in [0.05, 0.1) is 5.56 Å². The third-order valence-corrected chi connectivity index (χ3v) is 5.53. The molecule has 30 heavy (non-hydrogen) atoms. The zero-order valence-electron chi connectivity index (χ0n) is 16.3. The van der Waals surface area contributed by atoms with Gasteiger partial charge in [0.1, 0.15) is 5.82 Å². The first-order chi connectivity index (χ1) is 14.6. The molecule has 7 heteroatoms. The first-order valence-electron chi connectivity index (χ1n) is 9.89. The summed E-state index contributed by atoms with van der Waals surface area (Å²) < 4.78 is 19.3. The van der Waals surface area contributed by atoms with Crippen molar-refractivity contribution in [2.45, 2.75) is 19.3 Å². The quantitative estimate of drug-likeness (QED) is 0.538. The average Bonchev–Trinajstić information content (AvgIpc) is 3.21. The number of likely N-dealkylation sites (tertiary alicyclic amines) is 1. The van der Waals surface area contributed by atoms with Crippen LogP contribution in [0.2, 0.25) is 5.02 Å². The van der Waals surface area contributed by atoms with Crippen LogP contribution in [-0.2, 0) is 11.2 Å². The molecule has 1 amide bonds. The van der Waals surface area contributed by atoms with Crippen LogP contribution in [0, 0.1) is 11.7 Å². The fourth-order valence-corrected chi connectivity index (χ4v) is 3.84. The Kier molecular flexibility index (Phi) is 6.23. The second-order valence-electron chi connectivity index (χ2n) is 7.34. The first kappa shape index (κ1) is 20.3. The summed E-state index contributed by atoms with van der Waals surface area (Å²) in [5, 5.41) is 4.52. The zero-order chi connectivity index (χ0) is 20.9. The van der Waals surface area contributed by atoms with E-state index in [1.54, 1.807) is 36.4 Å². The van der Waals surface area contributed by atoms with E-state index in [2.05, 4.69) is 10.1 Å². The summed E-state index contributed by atoms with van der Waals surface area (Å²) in [5.41, 5.74) is 1.13. The van der Waals surface area contributed by atoms with Crippen LogP contribution in [0.15, 0.2) is 59.1 Å². The van der Waals surface area contributed by atoms with Crippen LogP contribution in [0.1, 0.15) is 24.3 Å². The van der Waals surface area contributed by atoms with E-state index in [1.165, 1.54) is 6.07 Å². The summed E-state index contributed by atoms with van der Waals surface area (Å²) in [6, 6.07) is 13.7. The molecule has 1 aliphatic rings. The predicted octanol–water partition coefficient (Wildman–Crippen LogP) is 5.02. The van der Waals surface area contributed by atoms with E-state index in [1.807, 2.05) is 23.1 Å². The van der Waals surface area contributed by atoms with Crippen molar-refractivity contribution in [3.8, 4) is 11.4 Å². The minimum absolute atomic E-state index is 0.0443. The fourth-order valence-electron chi connectivity index (χ4n) is 3.65. The zero-order valence-corrected chi connectivity index (χ0v) is 17.1. The van der Waals surface area contributed by atoms with E-state index < -0.39 is 0 Å². The van der Waals surface area contributed by atoms with Crippen LogP contribution in [0.5, 0.6) is 0 Å². The number of nitrogens with zero attached hydrogens (tertiary/aromatic N) is 3. The molecule has 0 radical (unpaired) electrons. The highest BCUT2D eigenvalue weighted by atomic mass is 35.5. The maximum absolute atomic E-state index is 13.9. The monoisotopic (exact) mass is 425 g/mol. The molecule has 0 spiro atoms. The summed E-state index contributed by atoms with van der Waals surface area (Å²) in [5.74, 6) is 0.487. The van der Waals surface area contributed by atoms with Crippen molar-refractivity contribution in [1.29, 1.82) is 0 Å². The van der Waals surface area contributed by atoms with Crippen LogP contribution in [0.3, 0.4) is 0 Å². The van der Waals surface area contributed by atoms with Crippen molar-refractivity contribution < 1.29 is 13.7 Å². The molecular weight excluding hydrogens is 405 g/mol. The van der Waals surface area contributed by atoms with Crippen molar-refractivity contribution in [3.63, 3.8) is 0 Å². The highest BCUT2D eigenvalue weighted by molar-refractivity contribution is 6.32. The van der Waals surface area contributed by atoms with Crippen molar-refractivity contribution in [2.24, 2.45) is 5.92 Å². The third kappa shape index (κ3) is 4.76. The fraction of sp³-hybridized carbons (Fsp3) is 0.261. The summed E-state index contributed by atoms with van der Waals surface area (Å²) in [6.07, 6.45) is 5.74. The molecule has 0 N–H and O–H groups in total. The topological polar surface area (TPSA) is 59.2 Å². The Morgan fingerprint density at radius 1 is 1.23 bits per heavy atom. The molecule has 0 aliphatic carbocycles. The molecule has 0 unspecified atom stereocenters. The molecule has 0 saturated carbocycles. The molecule has 1 fully saturated rings. The van der Waals surface area contributed by atoms with Crippen LogP contribution in [-0.4, -0.2) is 34.0 Å². The Balaban J connectivity index is 1.38. The van der Waals surface area contributed by atoms with E-state index in [9.17, 15) is 9.18 Å². The summed E-state index contributed by atoms with van der Waals surface area (Å²) in [4.78, 5) is 18.8. The van der Waals surface area contributed by atoms with Crippen LogP contribution < -0.4 is 0 Å². The first-order valence-corrected chi connectivity index (χ1v) is 10.3. The van der Waals surface area contributed by atoms with Gasteiger partial charge in [-0.25, -0.2) is 4.39 Å². The Labute approximate surface area is 179 Å². The summed E-state index contributed by atoms with van der Waals surface area (Å²) >= 11 is 6.14. The third-order valence-electron chi connectivity index (χ3n) is 5.19. The largest absolute Gasteiger partial charge is 0.339 e. The van der Waals surface area contributed by atoms with Gasteiger partial charge < -0.3 is 9.42 Å². The number of benzene rings is 2. The predicted molar refractivity (Wildman–Crippen MR) is 113 cm³/mol. The van der Waals surface area contributed by atoms with Crippen LogP contribution in [0.4, 0.5) is 4.39 Å². The Hall–Kier alpha value is -2.99. The van der Waals surface area contributed by atoms with Gasteiger partial charge in [0.2, 0.25) is 17.6 Å². The lowest BCUT2D eigenvalue weighted by molar-refractivity contribution is -0.127. The Morgan fingerprint density at radius 2 is 2.03 bits per heavy atom. The Bertz CT molecular complexity index is 1070. The van der Waals surface area contributed by atoms with Crippen molar-refractivity contribution in [2.75, 3.05) is 13.1 Å². The molecule has 2 heterocycles. The van der Waals surface area contributed by atoms with Crippen LogP contribution >= 0.6 is 11.6 Å². The maximum Gasteiger partial charge on any atom is 0.246 e. The number of hydrogen-bond donors (Lipinski definition) is 0. The van der Waals surface area contributed by atoms with Gasteiger partial charge >= 0.3 is 0 Å². The molecule has 154 valence electrons. The van der Waals surface area contributed by atoms with Gasteiger partial charge in [0, 0.05) is 30.6 Å². The SMILES string of the molecule is O=C(/C=C/c1ccccc1Cl)N1CCC[C@H](Cc2nc(-c3ccccc3F)no2)C1. The number of halogens is 2. The second-order valence-corrected chi connectivity index (χ2v) is 7.75. The second kappa shape index (κ2) is 9.22. The normalized spacial score (nSPS) is 16.9. The molecule has 1 aromatic heterocycles.